The Morgan fingerprint density at radius 1 is 1.29 bits per heavy atom. The molecule has 0 aliphatic carbocycles. The van der Waals surface area contributed by atoms with Crippen LogP contribution in [-0.2, 0) is 14.0 Å². The average Bonchev–Trinajstić information content (AvgIpc) is 2.94. The van der Waals surface area contributed by atoms with Crippen molar-refractivity contribution >= 4 is 12.6 Å². The quantitative estimate of drug-likeness (QED) is 0.776. The smallest absolute Gasteiger partial charge is 0.399 e. The minimum Gasteiger partial charge on any atom is -0.399 e. The minimum atomic E-state index is -1.02. The summed E-state index contributed by atoms with van der Waals surface area (Å²) in [6, 6.07) is -0.269. The first-order chi connectivity index (χ1) is 9.80. The van der Waals surface area contributed by atoms with E-state index in [2.05, 4.69) is 5.10 Å². The molecule has 1 aromatic heterocycles. The third-order valence-corrected chi connectivity index (χ3v) is 4.74. The number of hydrogen-bond acceptors (Lipinski definition) is 4. The van der Waals surface area contributed by atoms with Gasteiger partial charge in [-0.1, -0.05) is 0 Å². The zero-order chi connectivity index (χ0) is 15.3. The lowest BCUT2D eigenvalue weighted by Gasteiger charge is -2.32. The molecule has 3 heterocycles. The van der Waals surface area contributed by atoms with E-state index in [1.165, 1.54) is 0 Å². The molecular formula is C14H22BFN2O3. The van der Waals surface area contributed by atoms with Crippen molar-refractivity contribution in [3.63, 3.8) is 0 Å². The van der Waals surface area contributed by atoms with Crippen molar-refractivity contribution in [3.05, 3.63) is 12.4 Å². The standard InChI is InChI=1S/C14H22BFN2O3/c1-13(2)14(3,4)21-15(20-13)10-7-17-18(8-10)12-5-6-19-9-11(12)16/h7-8,11-12H,5-6,9H2,1-4H3/t11-,12+/m0/s1. The van der Waals surface area contributed by atoms with E-state index in [-0.39, 0.29) is 23.9 Å². The Morgan fingerprint density at radius 3 is 2.57 bits per heavy atom. The molecule has 1 aromatic rings. The largest absolute Gasteiger partial charge is 0.498 e. The maximum absolute atomic E-state index is 13.9. The van der Waals surface area contributed by atoms with Crippen LogP contribution in [0.25, 0.3) is 0 Å². The molecule has 0 amide bonds. The SMILES string of the molecule is CC1(C)OB(c2cnn([C@@H]3CCOC[C@@H]3F)c2)OC1(C)C. The van der Waals surface area contributed by atoms with Crippen molar-refractivity contribution in [2.24, 2.45) is 0 Å². The van der Waals surface area contributed by atoms with Crippen LogP contribution in [0.5, 0.6) is 0 Å². The lowest BCUT2D eigenvalue weighted by atomic mass is 9.82. The first kappa shape index (κ1) is 15.0. The summed E-state index contributed by atoms with van der Waals surface area (Å²) in [7, 11) is -0.457. The fourth-order valence-corrected chi connectivity index (χ4v) is 2.62. The van der Waals surface area contributed by atoms with E-state index in [0.717, 1.165) is 5.46 Å². The molecule has 0 bridgehead atoms. The van der Waals surface area contributed by atoms with Gasteiger partial charge in [0, 0.05) is 24.5 Å². The Labute approximate surface area is 124 Å². The van der Waals surface area contributed by atoms with Crippen LogP contribution in [0.1, 0.15) is 40.2 Å². The highest BCUT2D eigenvalue weighted by Crippen LogP contribution is 2.36. The molecule has 21 heavy (non-hydrogen) atoms. The van der Waals surface area contributed by atoms with Crippen LogP contribution in [0, 0.1) is 0 Å². The minimum absolute atomic E-state index is 0.135. The molecule has 0 N–H and O–H groups in total. The summed E-state index contributed by atoms with van der Waals surface area (Å²) in [6.07, 6.45) is 3.13. The second-order valence-corrected chi connectivity index (χ2v) is 6.79. The van der Waals surface area contributed by atoms with Gasteiger partial charge in [-0.05, 0) is 34.1 Å². The Balaban J connectivity index is 1.77. The lowest BCUT2D eigenvalue weighted by molar-refractivity contribution is -0.000116. The van der Waals surface area contributed by atoms with E-state index in [4.69, 9.17) is 14.0 Å². The van der Waals surface area contributed by atoms with Gasteiger partial charge >= 0.3 is 7.12 Å². The van der Waals surface area contributed by atoms with E-state index in [0.29, 0.717) is 13.0 Å². The topological polar surface area (TPSA) is 45.5 Å². The van der Waals surface area contributed by atoms with Crippen LogP contribution in [0.4, 0.5) is 4.39 Å². The Hall–Kier alpha value is -0.915. The molecule has 0 saturated carbocycles. The summed E-state index contributed by atoms with van der Waals surface area (Å²) in [5.74, 6) is 0. The summed E-state index contributed by atoms with van der Waals surface area (Å²) < 4.78 is 32.7. The molecule has 2 fully saturated rings. The summed E-state index contributed by atoms with van der Waals surface area (Å²) in [5, 5.41) is 4.29. The fourth-order valence-electron chi connectivity index (χ4n) is 2.62. The fraction of sp³-hybridized carbons (Fsp3) is 0.786. The number of ether oxygens (including phenoxy) is 1. The predicted molar refractivity (Wildman–Crippen MR) is 77.3 cm³/mol. The van der Waals surface area contributed by atoms with Gasteiger partial charge in [0.2, 0.25) is 0 Å². The Kier molecular flexibility index (Phi) is 3.62. The Bertz CT molecular complexity index is 504. The lowest BCUT2D eigenvalue weighted by Crippen LogP contribution is -2.41. The van der Waals surface area contributed by atoms with E-state index < -0.39 is 13.3 Å². The molecule has 5 nitrogen and oxygen atoms in total. The van der Waals surface area contributed by atoms with E-state index >= 15 is 0 Å². The van der Waals surface area contributed by atoms with Crippen molar-refractivity contribution in [1.29, 1.82) is 0 Å². The summed E-state index contributed by atoms with van der Waals surface area (Å²) >= 11 is 0. The maximum Gasteiger partial charge on any atom is 0.498 e. The average molecular weight is 296 g/mol. The summed E-state index contributed by atoms with van der Waals surface area (Å²) in [4.78, 5) is 0. The van der Waals surface area contributed by atoms with Gasteiger partial charge in [0.15, 0.2) is 0 Å². The summed E-state index contributed by atoms with van der Waals surface area (Å²) in [6.45, 7) is 8.73. The van der Waals surface area contributed by atoms with Crippen molar-refractivity contribution < 1.29 is 18.4 Å². The van der Waals surface area contributed by atoms with E-state index in [9.17, 15) is 4.39 Å². The van der Waals surface area contributed by atoms with Gasteiger partial charge in [-0.25, -0.2) is 4.39 Å². The van der Waals surface area contributed by atoms with Crippen LogP contribution in [0.3, 0.4) is 0 Å². The number of rotatable bonds is 2. The van der Waals surface area contributed by atoms with Gasteiger partial charge in [0.1, 0.15) is 6.17 Å². The normalized spacial score (nSPS) is 31.6. The molecule has 2 aliphatic heterocycles. The van der Waals surface area contributed by atoms with Crippen LogP contribution in [0.2, 0.25) is 0 Å². The molecule has 0 radical (unpaired) electrons. The molecule has 3 rings (SSSR count). The predicted octanol–water partition coefficient (Wildman–Crippen LogP) is 1.48. The highest BCUT2D eigenvalue weighted by molar-refractivity contribution is 6.61. The zero-order valence-corrected chi connectivity index (χ0v) is 13.0. The molecule has 7 heteroatoms. The van der Waals surface area contributed by atoms with Gasteiger partial charge < -0.3 is 14.0 Å². The number of halogens is 1. The van der Waals surface area contributed by atoms with Crippen molar-refractivity contribution in [2.75, 3.05) is 13.2 Å². The number of nitrogens with zero attached hydrogens (tertiary/aromatic N) is 2. The second-order valence-electron chi connectivity index (χ2n) is 6.79. The monoisotopic (exact) mass is 296 g/mol. The highest BCUT2D eigenvalue weighted by Gasteiger charge is 2.52. The molecule has 0 unspecified atom stereocenters. The van der Waals surface area contributed by atoms with Gasteiger partial charge in [-0.2, -0.15) is 5.10 Å². The second kappa shape index (κ2) is 5.07. The van der Waals surface area contributed by atoms with Gasteiger partial charge in [-0.15, -0.1) is 0 Å². The molecule has 0 aromatic carbocycles. The third-order valence-electron chi connectivity index (χ3n) is 4.74. The Morgan fingerprint density at radius 2 is 1.95 bits per heavy atom. The van der Waals surface area contributed by atoms with Gasteiger partial charge in [0.05, 0.1) is 23.9 Å². The first-order valence-electron chi connectivity index (χ1n) is 7.42. The molecular weight excluding hydrogens is 274 g/mol. The molecule has 2 aliphatic rings. The van der Waals surface area contributed by atoms with Crippen molar-refractivity contribution in [2.45, 2.75) is 57.5 Å². The summed E-state index contributed by atoms with van der Waals surface area (Å²) in [5.41, 5.74) is 0.0506. The molecule has 116 valence electrons. The number of aromatic nitrogens is 2. The zero-order valence-electron chi connectivity index (χ0n) is 13.0. The van der Waals surface area contributed by atoms with Crippen LogP contribution >= 0.6 is 0 Å². The van der Waals surface area contributed by atoms with Gasteiger partial charge in [0.25, 0.3) is 0 Å². The third kappa shape index (κ3) is 2.62. The molecule has 0 spiro atoms. The maximum atomic E-state index is 13.9. The van der Waals surface area contributed by atoms with Gasteiger partial charge in [-0.3, -0.25) is 4.68 Å². The van der Waals surface area contributed by atoms with Crippen molar-refractivity contribution in [3.8, 4) is 0 Å². The van der Waals surface area contributed by atoms with Crippen LogP contribution in [-0.4, -0.2) is 47.5 Å². The van der Waals surface area contributed by atoms with Crippen LogP contribution < -0.4 is 5.46 Å². The van der Waals surface area contributed by atoms with E-state index in [1.807, 2.05) is 33.9 Å². The first-order valence-corrected chi connectivity index (χ1v) is 7.42. The molecule has 2 atom stereocenters. The van der Waals surface area contributed by atoms with E-state index in [1.54, 1.807) is 10.9 Å². The number of alkyl halides is 1. The van der Waals surface area contributed by atoms with Crippen LogP contribution in [0.15, 0.2) is 12.4 Å². The highest BCUT2D eigenvalue weighted by atomic mass is 19.1. The number of hydrogen-bond donors (Lipinski definition) is 0. The molecule has 2 saturated heterocycles. The van der Waals surface area contributed by atoms with Crippen molar-refractivity contribution in [1.82, 2.24) is 9.78 Å².